The Morgan fingerprint density at radius 2 is 2.05 bits per heavy atom. The number of likely N-dealkylation sites (tertiary alicyclic amines) is 1. The minimum Gasteiger partial charge on any atom is -0.481 e. The third-order valence-electron chi connectivity index (χ3n) is 3.99. The standard InChI is InChI=1S/C16H22F2N2O2/c1-10(19)15-5-3-4-8-20(15)16(21)11(2)22-12-6-7-13(17)14(18)9-12/h6-7,9-11,15H,3-5,8,19H2,1-2H3. The van der Waals surface area contributed by atoms with Gasteiger partial charge in [-0.3, -0.25) is 4.79 Å². The number of rotatable bonds is 4. The third-order valence-corrected chi connectivity index (χ3v) is 3.99. The van der Waals surface area contributed by atoms with Crippen LogP contribution in [0.25, 0.3) is 0 Å². The first-order valence-electron chi connectivity index (χ1n) is 7.58. The van der Waals surface area contributed by atoms with Crippen molar-refractivity contribution < 1.29 is 18.3 Å². The minimum absolute atomic E-state index is 0.00254. The van der Waals surface area contributed by atoms with Crippen LogP contribution in [0, 0.1) is 11.6 Å². The highest BCUT2D eigenvalue weighted by Gasteiger charge is 2.32. The molecule has 3 atom stereocenters. The molecule has 4 nitrogen and oxygen atoms in total. The maximum Gasteiger partial charge on any atom is 0.263 e. The summed E-state index contributed by atoms with van der Waals surface area (Å²) < 4.78 is 31.5. The van der Waals surface area contributed by atoms with Crippen LogP contribution >= 0.6 is 0 Å². The van der Waals surface area contributed by atoms with E-state index in [-0.39, 0.29) is 23.7 Å². The molecule has 1 fully saturated rings. The number of amides is 1. The molecule has 3 unspecified atom stereocenters. The Kier molecular flexibility index (Phi) is 5.34. The molecule has 2 N–H and O–H groups in total. The van der Waals surface area contributed by atoms with Gasteiger partial charge in [0.2, 0.25) is 0 Å². The van der Waals surface area contributed by atoms with Gasteiger partial charge in [-0.1, -0.05) is 0 Å². The Morgan fingerprint density at radius 3 is 2.68 bits per heavy atom. The van der Waals surface area contributed by atoms with Crippen LogP contribution < -0.4 is 10.5 Å². The zero-order valence-electron chi connectivity index (χ0n) is 12.9. The van der Waals surface area contributed by atoms with E-state index in [4.69, 9.17) is 10.5 Å². The molecule has 1 heterocycles. The first-order chi connectivity index (χ1) is 10.4. The van der Waals surface area contributed by atoms with Crippen molar-refractivity contribution in [3.05, 3.63) is 29.8 Å². The minimum atomic E-state index is -0.997. The summed E-state index contributed by atoms with van der Waals surface area (Å²) >= 11 is 0. The Morgan fingerprint density at radius 1 is 1.32 bits per heavy atom. The summed E-state index contributed by atoms with van der Waals surface area (Å²) in [5, 5.41) is 0. The van der Waals surface area contributed by atoms with Crippen LogP contribution in [0.15, 0.2) is 18.2 Å². The highest BCUT2D eigenvalue weighted by atomic mass is 19.2. The van der Waals surface area contributed by atoms with Gasteiger partial charge < -0.3 is 15.4 Å². The van der Waals surface area contributed by atoms with E-state index in [1.54, 1.807) is 11.8 Å². The lowest BCUT2D eigenvalue weighted by Crippen LogP contribution is -2.54. The van der Waals surface area contributed by atoms with Gasteiger partial charge in [-0.05, 0) is 45.2 Å². The smallest absolute Gasteiger partial charge is 0.263 e. The fraction of sp³-hybridized carbons (Fsp3) is 0.562. The predicted molar refractivity (Wildman–Crippen MR) is 79.4 cm³/mol. The Labute approximate surface area is 129 Å². The van der Waals surface area contributed by atoms with E-state index in [1.807, 2.05) is 6.92 Å². The Balaban J connectivity index is 2.05. The van der Waals surface area contributed by atoms with Crippen LogP contribution in [0.4, 0.5) is 8.78 Å². The lowest BCUT2D eigenvalue weighted by atomic mass is 9.96. The number of piperidine rings is 1. The van der Waals surface area contributed by atoms with Crippen molar-refractivity contribution in [2.75, 3.05) is 6.54 Å². The van der Waals surface area contributed by atoms with Gasteiger partial charge in [-0.25, -0.2) is 8.78 Å². The van der Waals surface area contributed by atoms with Crippen molar-refractivity contribution in [3.63, 3.8) is 0 Å². The zero-order valence-corrected chi connectivity index (χ0v) is 12.9. The second-order valence-corrected chi connectivity index (χ2v) is 5.79. The first kappa shape index (κ1) is 16.7. The number of carbonyl (C=O) groups is 1. The number of hydrogen-bond acceptors (Lipinski definition) is 3. The highest BCUT2D eigenvalue weighted by Crippen LogP contribution is 2.22. The second kappa shape index (κ2) is 7.05. The molecule has 6 heteroatoms. The van der Waals surface area contributed by atoms with Crippen LogP contribution in [0.2, 0.25) is 0 Å². The molecule has 0 aliphatic carbocycles. The normalized spacial score (nSPS) is 21.3. The van der Waals surface area contributed by atoms with Crippen LogP contribution in [-0.2, 0) is 4.79 Å². The van der Waals surface area contributed by atoms with Gasteiger partial charge in [-0.2, -0.15) is 0 Å². The fourth-order valence-corrected chi connectivity index (χ4v) is 2.82. The van der Waals surface area contributed by atoms with E-state index in [0.717, 1.165) is 31.4 Å². The van der Waals surface area contributed by atoms with E-state index in [9.17, 15) is 13.6 Å². The summed E-state index contributed by atoms with van der Waals surface area (Å²) in [4.78, 5) is 14.3. The number of nitrogens with zero attached hydrogens (tertiary/aromatic N) is 1. The van der Waals surface area contributed by atoms with Crippen molar-refractivity contribution in [3.8, 4) is 5.75 Å². The molecular weight excluding hydrogens is 290 g/mol. The molecule has 0 bridgehead atoms. The summed E-state index contributed by atoms with van der Waals surface area (Å²) in [6, 6.07) is 3.12. The Hall–Kier alpha value is -1.69. The number of nitrogens with two attached hydrogens (primary N) is 1. The van der Waals surface area contributed by atoms with Crippen molar-refractivity contribution in [2.24, 2.45) is 5.73 Å². The third kappa shape index (κ3) is 3.74. The van der Waals surface area contributed by atoms with Gasteiger partial charge in [0.25, 0.3) is 5.91 Å². The lowest BCUT2D eigenvalue weighted by molar-refractivity contribution is -0.142. The van der Waals surface area contributed by atoms with E-state index < -0.39 is 17.7 Å². The van der Waals surface area contributed by atoms with Crippen LogP contribution in [0.3, 0.4) is 0 Å². The van der Waals surface area contributed by atoms with Crippen LogP contribution in [0.5, 0.6) is 5.75 Å². The van der Waals surface area contributed by atoms with Gasteiger partial charge >= 0.3 is 0 Å². The first-order valence-corrected chi connectivity index (χ1v) is 7.58. The molecule has 1 saturated heterocycles. The van der Waals surface area contributed by atoms with Gasteiger partial charge in [0.1, 0.15) is 5.75 Å². The SMILES string of the molecule is CC(Oc1ccc(F)c(F)c1)C(=O)N1CCCCC1C(C)N. The van der Waals surface area contributed by atoms with E-state index in [2.05, 4.69) is 0 Å². The molecule has 22 heavy (non-hydrogen) atoms. The van der Waals surface area contributed by atoms with Gasteiger partial charge in [0.15, 0.2) is 17.7 Å². The summed E-state index contributed by atoms with van der Waals surface area (Å²) in [6.07, 6.45) is 2.09. The van der Waals surface area contributed by atoms with E-state index in [1.165, 1.54) is 6.07 Å². The second-order valence-electron chi connectivity index (χ2n) is 5.79. The van der Waals surface area contributed by atoms with Crippen LogP contribution in [0.1, 0.15) is 33.1 Å². The maximum atomic E-state index is 13.2. The molecule has 2 rings (SSSR count). The van der Waals surface area contributed by atoms with Crippen molar-refractivity contribution in [1.29, 1.82) is 0 Å². The summed E-state index contributed by atoms with van der Waals surface area (Å²) in [7, 11) is 0. The van der Waals surface area contributed by atoms with Crippen LogP contribution in [-0.4, -0.2) is 35.5 Å². The fourth-order valence-electron chi connectivity index (χ4n) is 2.82. The van der Waals surface area contributed by atoms with E-state index >= 15 is 0 Å². The summed E-state index contributed by atoms with van der Waals surface area (Å²) in [5.74, 6) is -1.98. The lowest BCUT2D eigenvalue weighted by Gasteiger charge is -2.39. The molecule has 1 amide bonds. The molecule has 0 spiro atoms. The number of halogens is 2. The van der Waals surface area contributed by atoms with Crippen molar-refractivity contribution in [2.45, 2.75) is 51.3 Å². The number of ether oxygens (including phenoxy) is 1. The average molecular weight is 312 g/mol. The highest BCUT2D eigenvalue weighted by molar-refractivity contribution is 5.81. The average Bonchev–Trinajstić information content (AvgIpc) is 2.50. The molecule has 0 saturated carbocycles. The van der Waals surface area contributed by atoms with Gasteiger partial charge in [-0.15, -0.1) is 0 Å². The van der Waals surface area contributed by atoms with E-state index in [0.29, 0.717) is 6.54 Å². The Bertz CT molecular complexity index is 537. The topological polar surface area (TPSA) is 55.6 Å². The molecule has 1 aliphatic heterocycles. The molecule has 1 aromatic carbocycles. The predicted octanol–water partition coefficient (Wildman–Crippen LogP) is 2.46. The summed E-state index contributed by atoms with van der Waals surface area (Å²) in [6.45, 7) is 4.14. The monoisotopic (exact) mass is 312 g/mol. The van der Waals surface area contributed by atoms with Crippen molar-refractivity contribution >= 4 is 5.91 Å². The zero-order chi connectivity index (χ0) is 16.3. The molecular formula is C16H22F2N2O2. The molecule has 0 radical (unpaired) electrons. The van der Waals surface area contributed by atoms with Gasteiger partial charge in [0, 0.05) is 24.7 Å². The largest absolute Gasteiger partial charge is 0.481 e. The summed E-state index contributed by atoms with van der Waals surface area (Å²) in [5.41, 5.74) is 5.96. The van der Waals surface area contributed by atoms with Gasteiger partial charge in [0.05, 0.1) is 0 Å². The molecule has 1 aromatic rings. The molecule has 1 aliphatic rings. The molecule has 122 valence electrons. The number of benzene rings is 1. The quantitative estimate of drug-likeness (QED) is 0.929. The number of hydrogen-bond donors (Lipinski definition) is 1. The molecule has 0 aromatic heterocycles. The maximum absolute atomic E-state index is 13.2. The van der Waals surface area contributed by atoms with Crippen molar-refractivity contribution in [1.82, 2.24) is 4.90 Å². The number of carbonyl (C=O) groups excluding carboxylic acids is 1.